The van der Waals surface area contributed by atoms with Gasteiger partial charge in [-0.15, -0.1) is 12.4 Å². The molecule has 26 heavy (non-hydrogen) atoms. The Balaban J connectivity index is 0.00000243. The molecule has 0 aliphatic carbocycles. The van der Waals surface area contributed by atoms with Crippen molar-refractivity contribution in [3.05, 3.63) is 60.2 Å². The summed E-state index contributed by atoms with van der Waals surface area (Å²) in [5.41, 5.74) is 11.8. The number of hydrogen-bond acceptors (Lipinski definition) is 7. The van der Waals surface area contributed by atoms with Crippen LogP contribution in [0.15, 0.2) is 64.6 Å². The predicted octanol–water partition coefficient (Wildman–Crippen LogP) is 3.01. The Labute approximate surface area is 158 Å². The molecular weight excluding hydrogens is 354 g/mol. The molecule has 3 rings (SSSR count). The van der Waals surface area contributed by atoms with Gasteiger partial charge in [-0.2, -0.15) is 10.1 Å². The van der Waals surface area contributed by atoms with E-state index in [2.05, 4.69) is 9.98 Å². The highest BCUT2D eigenvalue weighted by Crippen LogP contribution is 2.23. The summed E-state index contributed by atoms with van der Waals surface area (Å²) in [6.07, 6.45) is 0. The van der Waals surface area contributed by atoms with Gasteiger partial charge in [0.05, 0.1) is 0 Å². The minimum absolute atomic E-state index is 0. The average Bonchev–Trinajstić information content (AvgIpc) is 2.55. The first-order valence-electron chi connectivity index (χ1n) is 7.88. The molecule has 2 aromatic carbocycles. The van der Waals surface area contributed by atoms with E-state index in [9.17, 15) is 0 Å². The zero-order valence-electron chi connectivity index (χ0n) is 14.6. The fraction of sp³-hybridized carbons (Fsp3) is 0.222. The van der Waals surface area contributed by atoms with Gasteiger partial charge in [0.2, 0.25) is 11.9 Å². The number of ether oxygens (including phenoxy) is 1. The largest absolute Gasteiger partial charge is 0.457 e. The van der Waals surface area contributed by atoms with Crippen molar-refractivity contribution >= 4 is 24.3 Å². The van der Waals surface area contributed by atoms with Crippen molar-refractivity contribution in [1.29, 1.82) is 0 Å². The van der Waals surface area contributed by atoms with Gasteiger partial charge in [0.1, 0.15) is 18.1 Å². The van der Waals surface area contributed by atoms with E-state index < -0.39 is 5.66 Å². The first-order valence-corrected chi connectivity index (χ1v) is 7.88. The van der Waals surface area contributed by atoms with Crippen molar-refractivity contribution in [2.45, 2.75) is 26.1 Å². The van der Waals surface area contributed by atoms with Crippen LogP contribution in [-0.4, -0.2) is 22.6 Å². The zero-order chi connectivity index (χ0) is 17.9. The number of hydrogen-bond donors (Lipinski definition) is 2. The zero-order valence-corrected chi connectivity index (χ0v) is 15.4. The predicted molar refractivity (Wildman–Crippen MR) is 104 cm³/mol. The second-order valence-corrected chi connectivity index (χ2v) is 6.06. The van der Waals surface area contributed by atoms with Crippen LogP contribution in [0, 0.1) is 0 Å². The standard InChI is InChI=1S/C18H21N5O2.ClH/c1-18(2)22-16(19)21-17(20)23(18)24-12-13-8-10-15(11-9-13)25-14-6-4-3-5-7-14;/h3-11H,12H2,1-2H3,(H4,19,20,21,22);1H. The van der Waals surface area contributed by atoms with Crippen LogP contribution in [0.4, 0.5) is 0 Å². The maximum absolute atomic E-state index is 5.89. The number of guanidine groups is 2. The summed E-state index contributed by atoms with van der Waals surface area (Å²) in [5.74, 6) is 1.87. The van der Waals surface area contributed by atoms with Crippen LogP contribution in [0.2, 0.25) is 0 Å². The van der Waals surface area contributed by atoms with Crippen LogP contribution in [0.1, 0.15) is 19.4 Å². The van der Waals surface area contributed by atoms with Crippen molar-refractivity contribution in [2.24, 2.45) is 21.5 Å². The molecule has 7 nitrogen and oxygen atoms in total. The third-order valence-corrected chi connectivity index (χ3v) is 3.58. The minimum Gasteiger partial charge on any atom is -0.457 e. The van der Waals surface area contributed by atoms with Crippen LogP contribution in [-0.2, 0) is 11.4 Å². The molecule has 0 spiro atoms. The van der Waals surface area contributed by atoms with Crippen LogP contribution in [0.3, 0.4) is 0 Å². The molecule has 0 aromatic heterocycles. The van der Waals surface area contributed by atoms with Crippen molar-refractivity contribution < 1.29 is 9.57 Å². The maximum Gasteiger partial charge on any atom is 0.226 e. The van der Waals surface area contributed by atoms with Crippen molar-refractivity contribution in [2.75, 3.05) is 0 Å². The van der Waals surface area contributed by atoms with Crippen molar-refractivity contribution in [1.82, 2.24) is 5.06 Å². The number of benzene rings is 2. The fourth-order valence-electron chi connectivity index (χ4n) is 2.44. The average molecular weight is 376 g/mol. The van der Waals surface area contributed by atoms with Crippen molar-refractivity contribution in [3.8, 4) is 11.5 Å². The first-order chi connectivity index (χ1) is 11.9. The Bertz CT molecular complexity index is 791. The molecule has 0 fully saturated rings. The van der Waals surface area contributed by atoms with E-state index in [4.69, 9.17) is 21.0 Å². The van der Waals surface area contributed by atoms with Crippen molar-refractivity contribution in [3.63, 3.8) is 0 Å². The molecule has 138 valence electrons. The monoisotopic (exact) mass is 375 g/mol. The Hall–Kier alpha value is -2.77. The second-order valence-electron chi connectivity index (χ2n) is 6.06. The minimum atomic E-state index is -0.716. The van der Waals surface area contributed by atoms with Gasteiger partial charge in [-0.05, 0) is 43.7 Å². The molecule has 8 heteroatoms. The molecule has 1 aliphatic rings. The quantitative estimate of drug-likeness (QED) is 0.836. The summed E-state index contributed by atoms with van der Waals surface area (Å²) in [6.45, 7) is 4.01. The van der Waals surface area contributed by atoms with Gasteiger partial charge in [0.25, 0.3) is 0 Å². The number of hydroxylamine groups is 2. The summed E-state index contributed by atoms with van der Waals surface area (Å²) in [4.78, 5) is 13.9. The first kappa shape index (κ1) is 19.6. The molecule has 0 radical (unpaired) electrons. The van der Waals surface area contributed by atoms with Crippen LogP contribution in [0.5, 0.6) is 11.5 Å². The number of aliphatic imine (C=N–C) groups is 2. The van der Waals surface area contributed by atoms with Gasteiger partial charge < -0.3 is 16.2 Å². The molecule has 0 saturated carbocycles. The Morgan fingerprint density at radius 2 is 1.58 bits per heavy atom. The third kappa shape index (κ3) is 4.65. The molecule has 1 aliphatic heterocycles. The lowest BCUT2D eigenvalue weighted by molar-refractivity contribution is -0.166. The Morgan fingerprint density at radius 1 is 0.962 bits per heavy atom. The van der Waals surface area contributed by atoms with Crippen LogP contribution < -0.4 is 16.2 Å². The molecule has 0 amide bonds. The summed E-state index contributed by atoms with van der Waals surface area (Å²) < 4.78 is 5.77. The van der Waals surface area contributed by atoms with Crippen LogP contribution >= 0.6 is 12.4 Å². The summed E-state index contributed by atoms with van der Waals surface area (Å²) in [5, 5.41) is 1.46. The number of para-hydroxylation sites is 1. The molecule has 0 bridgehead atoms. The van der Waals surface area contributed by atoms with Gasteiger partial charge in [-0.3, -0.25) is 4.84 Å². The maximum atomic E-state index is 5.89. The number of nitrogens with two attached hydrogens (primary N) is 2. The van der Waals surface area contributed by atoms with Gasteiger partial charge in [-0.25, -0.2) is 4.99 Å². The lowest BCUT2D eigenvalue weighted by atomic mass is 10.2. The normalized spacial score (nSPS) is 15.5. The van der Waals surface area contributed by atoms with Gasteiger partial charge >= 0.3 is 0 Å². The van der Waals surface area contributed by atoms with E-state index in [1.807, 2.05) is 68.4 Å². The number of nitrogens with zero attached hydrogens (tertiary/aromatic N) is 3. The third-order valence-electron chi connectivity index (χ3n) is 3.58. The highest BCUT2D eigenvalue weighted by atomic mass is 35.5. The highest BCUT2D eigenvalue weighted by molar-refractivity contribution is 5.95. The fourth-order valence-corrected chi connectivity index (χ4v) is 2.44. The summed E-state index contributed by atoms with van der Waals surface area (Å²) >= 11 is 0. The van der Waals surface area contributed by atoms with E-state index in [1.165, 1.54) is 5.06 Å². The van der Waals surface area contributed by atoms with Gasteiger partial charge in [0.15, 0.2) is 5.66 Å². The molecule has 4 N–H and O–H groups in total. The molecule has 0 unspecified atom stereocenters. The molecule has 0 atom stereocenters. The lowest BCUT2D eigenvalue weighted by Crippen LogP contribution is -2.53. The molecular formula is C18H22ClN5O2. The topological polar surface area (TPSA) is 98.5 Å². The second kappa shape index (κ2) is 8.07. The van der Waals surface area contributed by atoms with E-state index in [0.717, 1.165) is 17.1 Å². The van der Waals surface area contributed by atoms with E-state index in [-0.39, 0.29) is 24.3 Å². The van der Waals surface area contributed by atoms with E-state index in [1.54, 1.807) is 0 Å². The summed E-state index contributed by atoms with van der Waals surface area (Å²) in [7, 11) is 0. The van der Waals surface area contributed by atoms with E-state index >= 15 is 0 Å². The Kier molecular flexibility index (Phi) is 6.07. The van der Waals surface area contributed by atoms with Gasteiger partial charge in [0, 0.05) is 0 Å². The van der Waals surface area contributed by atoms with Gasteiger partial charge in [-0.1, -0.05) is 30.3 Å². The highest BCUT2D eigenvalue weighted by Gasteiger charge is 2.33. The van der Waals surface area contributed by atoms with E-state index in [0.29, 0.717) is 6.61 Å². The molecule has 0 saturated heterocycles. The smallest absolute Gasteiger partial charge is 0.226 e. The Morgan fingerprint density at radius 3 is 2.19 bits per heavy atom. The molecule has 1 heterocycles. The molecule has 2 aromatic rings. The lowest BCUT2D eigenvalue weighted by Gasteiger charge is -2.36. The number of halogens is 1. The SMILES string of the molecule is CC1(C)N=C(N)N=C(N)N1OCc1ccc(Oc2ccccc2)cc1.Cl. The summed E-state index contributed by atoms with van der Waals surface area (Å²) in [6, 6.07) is 17.3. The van der Waals surface area contributed by atoms with Crippen LogP contribution in [0.25, 0.3) is 0 Å². The number of rotatable bonds is 5.